The number of nitrogens with zero attached hydrogens (tertiary/aromatic N) is 2. The number of nitrogens with two attached hydrogens (primary N) is 1. The highest BCUT2D eigenvalue weighted by molar-refractivity contribution is 5.60. The Bertz CT molecular complexity index is 394. The summed E-state index contributed by atoms with van der Waals surface area (Å²) >= 11 is 0. The van der Waals surface area contributed by atoms with E-state index in [0.717, 1.165) is 30.8 Å². The van der Waals surface area contributed by atoms with Gasteiger partial charge in [0.15, 0.2) is 0 Å². The lowest BCUT2D eigenvalue weighted by atomic mass is 10.1. The summed E-state index contributed by atoms with van der Waals surface area (Å²) in [4.78, 5) is 2.34. The summed E-state index contributed by atoms with van der Waals surface area (Å²) in [5, 5.41) is 9.09. The molecule has 0 aliphatic carbocycles. The van der Waals surface area contributed by atoms with E-state index >= 15 is 0 Å². The summed E-state index contributed by atoms with van der Waals surface area (Å²) in [5.41, 5.74) is 7.47. The molecule has 1 heterocycles. The molecule has 16 heavy (non-hydrogen) atoms. The van der Waals surface area contributed by atoms with E-state index in [2.05, 4.69) is 11.0 Å². The summed E-state index contributed by atoms with van der Waals surface area (Å²) in [7, 11) is 0. The average Bonchev–Trinajstić information content (AvgIpc) is 2.77. The van der Waals surface area contributed by atoms with Crippen LogP contribution in [-0.2, 0) is 0 Å². The predicted molar refractivity (Wildman–Crippen MR) is 65.2 cm³/mol. The Morgan fingerprint density at radius 3 is 3.00 bits per heavy atom. The van der Waals surface area contributed by atoms with Crippen molar-refractivity contribution in [3.63, 3.8) is 0 Å². The third kappa shape index (κ3) is 2.02. The van der Waals surface area contributed by atoms with Crippen molar-refractivity contribution in [2.75, 3.05) is 18.0 Å². The monoisotopic (exact) mass is 215 g/mol. The Kier molecular flexibility index (Phi) is 3.43. The van der Waals surface area contributed by atoms with Crippen molar-refractivity contribution in [2.45, 2.75) is 25.3 Å². The van der Waals surface area contributed by atoms with Gasteiger partial charge < -0.3 is 10.6 Å². The fourth-order valence-electron chi connectivity index (χ4n) is 2.46. The summed E-state index contributed by atoms with van der Waals surface area (Å²) in [6, 6.07) is 10.6. The number of hydrogen-bond acceptors (Lipinski definition) is 3. The Morgan fingerprint density at radius 1 is 1.44 bits per heavy atom. The molecule has 84 valence electrons. The van der Waals surface area contributed by atoms with E-state index in [4.69, 9.17) is 11.0 Å². The van der Waals surface area contributed by atoms with Gasteiger partial charge in [-0.1, -0.05) is 12.1 Å². The lowest BCUT2D eigenvalue weighted by molar-refractivity contribution is 0.618. The molecule has 0 bridgehead atoms. The number of hydrogen-bond donors (Lipinski definition) is 1. The first-order valence-electron chi connectivity index (χ1n) is 5.82. The highest BCUT2D eigenvalue weighted by Gasteiger charge is 2.25. The van der Waals surface area contributed by atoms with Crippen LogP contribution >= 0.6 is 0 Å². The van der Waals surface area contributed by atoms with Gasteiger partial charge in [-0.05, 0) is 37.9 Å². The molecule has 1 aliphatic rings. The summed E-state index contributed by atoms with van der Waals surface area (Å²) in [6.45, 7) is 1.76. The van der Waals surface area contributed by atoms with Crippen LogP contribution in [0.3, 0.4) is 0 Å². The van der Waals surface area contributed by atoms with Gasteiger partial charge in [-0.2, -0.15) is 5.26 Å². The maximum absolute atomic E-state index is 9.09. The van der Waals surface area contributed by atoms with Crippen LogP contribution in [-0.4, -0.2) is 19.1 Å². The SMILES string of the molecule is N#Cc1ccccc1N1CCCC1CCN. The van der Waals surface area contributed by atoms with Gasteiger partial charge >= 0.3 is 0 Å². The first kappa shape index (κ1) is 11.0. The fourth-order valence-corrected chi connectivity index (χ4v) is 2.46. The van der Waals surface area contributed by atoms with Gasteiger partial charge in [0.25, 0.3) is 0 Å². The maximum Gasteiger partial charge on any atom is 0.101 e. The Labute approximate surface area is 96.5 Å². The largest absolute Gasteiger partial charge is 0.367 e. The molecular weight excluding hydrogens is 198 g/mol. The molecule has 1 unspecified atom stereocenters. The van der Waals surface area contributed by atoms with Crippen LogP contribution < -0.4 is 10.6 Å². The van der Waals surface area contributed by atoms with Crippen molar-refractivity contribution in [1.29, 1.82) is 5.26 Å². The summed E-state index contributed by atoms with van der Waals surface area (Å²) in [5.74, 6) is 0. The molecule has 1 saturated heterocycles. The number of nitriles is 1. The maximum atomic E-state index is 9.09. The molecule has 1 atom stereocenters. The average molecular weight is 215 g/mol. The second-order valence-electron chi connectivity index (χ2n) is 4.20. The molecule has 0 aromatic heterocycles. The van der Waals surface area contributed by atoms with Gasteiger partial charge in [-0.15, -0.1) is 0 Å². The van der Waals surface area contributed by atoms with Gasteiger partial charge in [0.1, 0.15) is 6.07 Å². The number of benzene rings is 1. The van der Waals surface area contributed by atoms with Crippen LogP contribution in [0.1, 0.15) is 24.8 Å². The number of anilines is 1. The molecule has 3 nitrogen and oxygen atoms in total. The van der Waals surface area contributed by atoms with Gasteiger partial charge in [-0.25, -0.2) is 0 Å². The molecule has 0 amide bonds. The molecule has 0 radical (unpaired) electrons. The quantitative estimate of drug-likeness (QED) is 0.837. The highest BCUT2D eigenvalue weighted by Crippen LogP contribution is 2.29. The minimum Gasteiger partial charge on any atom is -0.367 e. The first-order chi connectivity index (χ1) is 7.86. The Morgan fingerprint density at radius 2 is 2.25 bits per heavy atom. The van der Waals surface area contributed by atoms with E-state index < -0.39 is 0 Å². The molecule has 1 aromatic carbocycles. The normalized spacial score (nSPS) is 19.8. The zero-order valence-electron chi connectivity index (χ0n) is 9.39. The third-order valence-electron chi connectivity index (χ3n) is 3.21. The van der Waals surface area contributed by atoms with E-state index in [-0.39, 0.29) is 0 Å². The lowest BCUT2D eigenvalue weighted by Crippen LogP contribution is -2.31. The second kappa shape index (κ2) is 5.00. The van der Waals surface area contributed by atoms with Crippen LogP contribution in [0.5, 0.6) is 0 Å². The zero-order chi connectivity index (χ0) is 11.4. The van der Waals surface area contributed by atoms with E-state index in [1.165, 1.54) is 12.8 Å². The van der Waals surface area contributed by atoms with Crippen LogP contribution in [0.15, 0.2) is 24.3 Å². The van der Waals surface area contributed by atoms with Crippen LogP contribution in [0.25, 0.3) is 0 Å². The smallest absolute Gasteiger partial charge is 0.101 e. The number of para-hydroxylation sites is 1. The Hall–Kier alpha value is -1.53. The van der Waals surface area contributed by atoms with Gasteiger partial charge in [-0.3, -0.25) is 0 Å². The van der Waals surface area contributed by atoms with Crippen molar-refractivity contribution in [1.82, 2.24) is 0 Å². The van der Waals surface area contributed by atoms with Gasteiger partial charge in [0.05, 0.1) is 11.3 Å². The van der Waals surface area contributed by atoms with E-state index in [1.54, 1.807) is 0 Å². The minimum absolute atomic E-state index is 0.513. The standard InChI is InChI=1S/C13H17N3/c14-8-7-12-5-3-9-16(12)13-6-2-1-4-11(13)10-15/h1-2,4,6,12H,3,5,7-9,14H2. The molecule has 1 aliphatic heterocycles. The zero-order valence-corrected chi connectivity index (χ0v) is 9.39. The fraction of sp³-hybridized carbons (Fsp3) is 0.462. The molecule has 0 saturated carbocycles. The summed E-state index contributed by atoms with van der Waals surface area (Å²) in [6.07, 6.45) is 3.40. The molecule has 2 N–H and O–H groups in total. The van der Waals surface area contributed by atoms with Crippen LogP contribution in [0.2, 0.25) is 0 Å². The molecular formula is C13H17N3. The lowest BCUT2D eigenvalue weighted by Gasteiger charge is -2.27. The number of rotatable bonds is 3. The molecule has 2 rings (SSSR count). The van der Waals surface area contributed by atoms with Crippen molar-refractivity contribution >= 4 is 5.69 Å². The van der Waals surface area contributed by atoms with Gasteiger partial charge in [0, 0.05) is 12.6 Å². The molecule has 3 heteroatoms. The van der Waals surface area contributed by atoms with Crippen molar-refractivity contribution < 1.29 is 0 Å². The van der Waals surface area contributed by atoms with E-state index in [9.17, 15) is 0 Å². The molecule has 1 fully saturated rings. The second-order valence-corrected chi connectivity index (χ2v) is 4.20. The van der Waals surface area contributed by atoms with Crippen molar-refractivity contribution in [3.05, 3.63) is 29.8 Å². The van der Waals surface area contributed by atoms with Gasteiger partial charge in [0.2, 0.25) is 0 Å². The van der Waals surface area contributed by atoms with Crippen molar-refractivity contribution in [3.8, 4) is 6.07 Å². The molecule has 0 spiro atoms. The first-order valence-corrected chi connectivity index (χ1v) is 5.82. The van der Waals surface area contributed by atoms with E-state index in [0.29, 0.717) is 6.04 Å². The minimum atomic E-state index is 0.513. The Balaban J connectivity index is 2.26. The molecule has 1 aromatic rings. The third-order valence-corrected chi connectivity index (χ3v) is 3.21. The van der Waals surface area contributed by atoms with Crippen LogP contribution in [0.4, 0.5) is 5.69 Å². The van der Waals surface area contributed by atoms with Crippen LogP contribution in [0, 0.1) is 11.3 Å². The highest BCUT2D eigenvalue weighted by atomic mass is 15.2. The predicted octanol–water partition coefficient (Wildman–Crippen LogP) is 1.88. The van der Waals surface area contributed by atoms with E-state index in [1.807, 2.05) is 24.3 Å². The van der Waals surface area contributed by atoms with Crippen molar-refractivity contribution in [2.24, 2.45) is 5.73 Å². The topological polar surface area (TPSA) is 53.0 Å². The summed E-state index contributed by atoms with van der Waals surface area (Å²) < 4.78 is 0.